The maximum Gasteiger partial charge on any atom is 0.307 e. The molecule has 1 N–H and O–H groups in total. The van der Waals surface area contributed by atoms with Crippen LogP contribution in [0.5, 0.6) is 0 Å². The first kappa shape index (κ1) is 21.2. The molecule has 0 spiro atoms. The van der Waals surface area contributed by atoms with Crippen LogP contribution in [0.25, 0.3) is 0 Å². The maximum absolute atomic E-state index is 12.4. The Labute approximate surface area is 178 Å². The second-order valence-corrected chi connectivity index (χ2v) is 10.3. The van der Waals surface area contributed by atoms with Crippen molar-refractivity contribution < 1.29 is 24.2 Å². The predicted octanol–water partition coefficient (Wildman–Crippen LogP) is 4.30. The van der Waals surface area contributed by atoms with E-state index in [2.05, 4.69) is 19.8 Å². The van der Waals surface area contributed by atoms with Gasteiger partial charge in [0.1, 0.15) is 0 Å². The molecule has 0 saturated heterocycles. The van der Waals surface area contributed by atoms with E-state index in [0.29, 0.717) is 30.6 Å². The number of esters is 1. The molecule has 4 rings (SSSR count). The molecule has 5 heteroatoms. The van der Waals surface area contributed by atoms with Crippen molar-refractivity contribution in [3.63, 3.8) is 0 Å². The minimum absolute atomic E-state index is 0.0950. The fraction of sp³-hybridized carbons (Fsp3) is 0.720. The van der Waals surface area contributed by atoms with Crippen molar-refractivity contribution in [2.24, 2.45) is 28.6 Å². The molecule has 0 aromatic rings. The van der Waals surface area contributed by atoms with Gasteiger partial charge < -0.3 is 9.84 Å². The van der Waals surface area contributed by atoms with Gasteiger partial charge in [-0.2, -0.15) is 0 Å². The Morgan fingerprint density at radius 2 is 1.87 bits per heavy atom. The lowest BCUT2D eigenvalue weighted by Gasteiger charge is -2.58. The average molecular weight is 413 g/mol. The number of hydrogen-bond donors (Lipinski definition) is 1. The van der Waals surface area contributed by atoms with Crippen LogP contribution in [0.3, 0.4) is 0 Å². The zero-order valence-electron chi connectivity index (χ0n) is 18.0. The third-order valence-electron chi connectivity index (χ3n) is 9.15. The summed E-state index contributed by atoms with van der Waals surface area (Å²) >= 11 is 0. The standard InChI is InChI=1S/C25H32O5/c1-4-25(30-22(29)8-7-21(27)28)14-11-20-18-6-5-16-15-17(26)9-12-23(16,2)19(18)10-13-24(20,25)3/h1,15,18-20H,5-14H2,2-3H3,(H,27,28)/t18?,19?,20?,23-,24-,25+/m0/s1. The molecule has 0 aromatic heterocycles. The van der Waals surface area contributed by atoms with Crippen LogP contribution in [0.4, 0.5) is 0 Å². The van der Waals surface area contributed by atoms with Gasteiger partial charge in [-0.25, -0.2) is 0 Å². The van der Waals surface area contributed by atoms with E-state index >= 15 is 0 Å². The van der Waals surface area contributed by atoms with Gasteiger partial charge in [-0.1, -0.05) is 25.3 Å². The Morgan fingerprint density at radius 1 is 1.13 bits per heavy atom. The summed E-state index contributed by atoms with van der Waals surface area (Å²) in [5.74, 6) is 3.05. The van der Waals surface area contributed by atoms with Crippen LogP contribution < -0.4 is 0 Å². The Morgan fingerprint density at radius 3 is 2.57 bits per heavy atom. The first-order valence-corrected chi connectivity index (χ1v) is 11.3. The quantitative estimate of drug-likeness (QED) is 0.550. The van der Waals surface area contributed by atoms with Crippen molar-refractivity contribution in [2.75, 3.05) is 0 Å². The number of ketones is 1. The van der Waals surface area contributed by atoms with Crippen LogP contribution >= 0.6 is 0 Å². The lowest BCUT2D eigenvalue weighted by atomic mass is 9.46. The molecule has 162 valence electrons. The monoisotopic (exact) mass is 412 g/mol. The number of carbonyl (C=O) groups is 3. The maximum atomic E-state index is 12.4. The van der Waals surface area contributed by atoms with E-state index in [9.17, 15) is 14.4 Å². The van der Waals surface area contributed by atoms with Crippen molar-refractivity contribution in [1.82, 2.24) is 0 Å². The van der Waals surface area contributed by atoms with Crippen LogP contribution in [0, 0.1) is 40.9 Å². The van der Waals surface area contributed by atoms with Crippen molar-refractivity contribution in [3.8, 4) is 12.3 Å². The van der Waals surface area contributed by atoms with Gasteiger partial charge in [0.05, 0.1) is 12.8 Å². The van der Waals surface area contributed by atoms with Gasteiger partial charge in [-0.3, -0.25) is 14.4 Å². The molecular weight excluding hydrogens is 380 g/mol. The van der Waals surface area contributed by atoms with Crippen LogP contribution in [0.2, 0.25) is 0 Å². The molecule has 0 aliphatic heterocycles. The van der Waals surface area contributed by atoms with Gasteiger partial charge in [0.25, 0.3) is 0 Å². The Hall–Kier alpha value is -2.09. The number of carboxylic acids is 1. The minimum Gasteiger partial charge on any atom is -0.481 e. The Bertz CT molecular complexity index is 850. The first-order valence-electron chi connectivity index (χ1n) is 11.3. The zero-order valence-corrected chi connectivity index (χ0v) is 18.0. The molecule has 4 aliphatic carbocycles. The number of rotatable bonds is 4. The smallest absolute Gasteiger partial charge is 0.307 e. The summed E-state index contributed by atoms with van der Waals surface area (Å²) in [5.41, 5.74) is 0.198. The lowest BCUT2D eigenvalue weighted by Crippen LogP contribution is -2.55. The second kappa shape index (κ2) is 7.25. The number of carbonyl (C=O) groups excluding carboxylic acids is 2. The van der Waals surface area contributed by atoms with Crippen molar-refractivity contribution in [3.05, 3.63) is 11.6 Å². The summed E-state index contributed by atoms with van der Waals surface area (Å²) in [5, 5.41) is 8.87. The summed E-state index contributed by atoms with van der Waals surface area (Å²) in [7, 11) is 0. The molecule has 0 aromatic carbocycles. The van der Waals surface area contributed by atoms with Crippen LogP contribution in [-0.4, -0.2) is 28.4 Å². The van der Waals surface area contributed by atoms with E-state index in [-0.39, 0.29) is 29.5 Å². The normalized spacial score (nSPS) is 42.2. The molecule has 0 heterocycles. The average Bonchev–Trinajstić information content (AvgIpc) is 2.99. The number of allylic oxidation sites excluding steroid dienone is 1. The minimum atomic E-state index is -1.01. The Kier molecular flexibility index (Phi) is 5.11. The van der Waals surface area contributed by atoms with Crippen molar-refractivity contribution in [1.29, 1.82) is 0 Å². The molecule has 5 nitrogen and oxygen atoms in total. The highest BCUT2D eigenvalue weighted by atomic mass is 16.6. The predicted molar refractivity (Wildman–Crippen MR) is 111 cm³/mol. The summed E-state index contributed by atoms with van der Waals surface area (Å²) in [6, 6.07) is 0. The number of fused-ring (bicyclic) bond motifs is 5. The van der Waals surface area contributed by atoms with E-state index in [4.69, 9.17) is 16.3 Å². The Balaban J connectivity index is 1.58. The first-order chi connectivity index (χ1) is 14.1. The van der Waals surface area contributed by atoms with Gasteiger partial charge >= 0.3 is 11.9 Å². The van der Waals surface area contributed by atoms with Gasteiger partial charge in [0, 0.05) is 11.8 Å². The number of carboxylic acid groups (broad SMARTS) is 1. The highest BCUT2D eigenvalue weighted by Crippen LogP contribution is 2.68. The summed E-state index contributed by atoms with van der Waals surface area (Å²) in [4.78, 5) is 35.2. The molecular formula is C25H32O5. The largest absolute Gasteiger partial charge is 0.481 e. The SMILES string of the molecule is C#C[C@@]1(OC(=O)CCC(=O)O)CCC2C3CCC4=CC(=O)CC[C@]4(C)C3CC[C@@]21C. The zero-order chi connectivity index (χ0) is 21.7. The fourth-order valence-corrected chi connectivity index (χ4v) is 7.45. The summed E-state index contributed by atoms with van der Waals surface area (Å²) < 4.78 is 5.90. The lowest BCUT2D eigenvalue weighted by molar-refractivity contribution is -0.172. The van der Waals surface area contributed by atoms with Gasteiger partial charge in [-0.15, -0.1) is 6.42 Å². The van der Waals surface area contributed by atoms with Crippen LogP contribution in [0.15, 0.2) is 11.6 Å². The second-order valence-electron chi connectivity index (χ2n) is 10.3. The van der Waals surface area contributed by atoms with E-state index in [1.54, 1.807) is 0 Å². The highest BCUT2D eigenvalue weighted by Gasteiger charge is 2.65. The molecule has 4 aliphatic rings. The molecule has 6 atom stereocenters. The molecule has 30 heavy (non-hydrogen) atoms. The van der Waals surface area contributed by atoms with Gasteiger partial charge in [0.15, 0.2) is 11.4 Å². The molecule has 0 radical (unpaired) electrons. The number of terminal acetylenes is 1. The van der Waals surface area contributed by atoms with E-state index in [1.165, 1.54) is 5.57 Å². The highest BCUT2D eigenvalue weighted by molar-refractivity contribution is 5.91. The summed E-state index contributed by atoms with van der Waals surface area (Å²) in [6.07, 6.45) is 14.6. The van der Waals surface area contributed by atoms with Crippen molar-refractivity contribution in [2.45, 2.75) is 83.7 Å². The summed E-state index contributed by atoms with van der Waals surface area (Å²) in [6.45, 7) is 4.53. The van der Waals surface area contributed by atoms with E-state index < -0.39 is 17.5 Å². The van der Waals surface area contributed by atoms with Crippen LogP contribution in [0.1, 0.15) is 78.1 Å². The number of ether oxygens (including phenoxy) is 1. The molecule has 0 bridgehead atoms. The molecule has 3 saturated carbocycles. The fourth-order valence-electron chi connectivity index (χ4n) is 7.45. The van der Waals surface area contributed by atoms with E-state index in [0.717, 1.165) is 38.5 Å². The van der Waals surface area contributed by atoms with Gasteiger partial charge in [-0.05, 0) is 74.2 Å². The molecule has 0 amide bonds. The van der Waals surface area contributed by atoms with E-state index in [1.807, 2.05) is 6.08 Å². The topological polar surface area (TPSA) is 80.7 Å². The number of hydrogen-bond acceptors (Lipinski definition) is 4. The molecule has 3 unspecified atom stereocenters. The third-order valence-corrected chi connectivity index (χ3v) is 9.15. The third kappa shape index (κ3) is 3.02. The van der Waals surface area contributed by atoms with Crippen molar-refractivity contribution >= 4 is 17.7 Å². The molecule has 3 fully saturated rings. The number of aliphatic carboxylic acids is 1. The van der Waals surface area contributed by atoms with Crippen LogP contribution in [-0.2, 0) is 19.1 Å². The van der Waals surface area contributed by atoms with Gasteiger partial charge in [0.2, 0.25) is 0 Å².